The molecule has 0 aliphatic heterocycles. The normalized spacial score (nSPS) is 11.9. The van der Waals surface area contributed by atoms with Crippen molar-refractivity contribution in [1.29, 1.82) is 0 Å². The Kier molecular flexibility index (Phi) is 7.34. The van der Waals surface area contributed by atoms with E-state index in [1.54, 1.807) is 0 Å². The number of rotatable bonds is 9. The van der Waals surface area contributed by atoms with Gasteiger partial charge in [0.25, 0.3) is 0 Å². The van der Waals surface area contributed by atoms with E-state index in [1.165, 1.54) is 19.3 Å². The summed E-state index contributed by atoms with van der Waals surface area (Å²) in [7, 11) is 0. The van der Waals surface area contributed by atoms with E-state index >= 15 is 0 Å². The topological polar surface area (TPSA) is 41.1 Å². The summed E-state index contributed by atoms with van der Waals surface area (Å²) in [4.78, 5) is 12.7. The van der Waals surface area contributed by atoms with Gasteiger partial charge < -0.3 is 10.6 Å². The molecule has 0 bridgehead atoms. The summed E-state index contributed by atoms with van der Waals surface area (Å²) in [5.41, 5.74) is 1.82. The second kappa shape index (κ2) is 9.80. The highest BCUT2D eigenvalue weighted by Gasteiger charge is 2.19. The van der Waals surface area contributed by atoms with Crippen LogP contribution in [-0.4, -0.2) is 12.5 Å². The van der Waals surface area contributed by atoms with Crippen molar-refractivity contribution in [1.82, 2.24) is 5.32 Å². The Hall–Kier alpha value is -2.13. The summed E-state index contributed by atoms with van der Waals surface area (Å²) in [5.74, 6) is -0.0158. The molecule has 1 unspecified atom stereocenters. The highest BCUT2D eigenvalue weighted by Crippen LogP contribution is 2.16. The molecule has 0 fully saturated rings. The first-order chi connectivity index (χ1) is 11.3. The zero-order chi connectivity index (χ0) is 16.3. The van der Waals surface area contributed by atoms with Crippen LogP contribution in [0.15, 0.2) is 60.7 Å². The maximum absolute atomic E-state index is 12.7. The zero-order valence-electron chi connectivity index (χ0n) is 13.8. The number of amides is 1. The summed E-state index contributed by atoms with van der Waals surface area (Å²) in [5, 5.41) is 6.39. The van der Waals surface area contributed by atoms with Gasteiger partial charge in [-0.1, -0.05) is 74.7 Å². The first-order valence-corrected chi connectivity index (χ1v) is 8.45. The van der Waals surface area contributed by atoms with Gasteiger partial charge in [-0.3, -0.25) is 4.79 Å². The molecule has 0 aromatic heterocycles. The van der Waals surface area contributed by atoms with Gasteiger partial charge in [0.2, 0.25) is 5.91 Å². The maximum Gasteiger partial charge on any atom is 0.246 e. The van der Waals surface area contributed by atoms with Crippen molar-refractivity contribution >= 4 is 11.6 Å². The number of nitrogens with one attached hydrogen (secondary N) is 2. The van der Waals surface area contributed by atoms with Gasteiger partial charge in [0.1, 0.15) is 6.04 Å². The van der Waals surface area contributed by atoms with Crippen LogP contribution < -0.4 is 10.6 Å². The zero-order valence-corrected chi connectivity index (χ0v) is 13.8. The summed E-state index contributed by atoms with van der Waals surface area (Å²) in [6.07, 6.45) is 4.76. The number of unbranched alkanes of at least 4 members (excludes halogenated alkanes) is 3. The Labute approximate surface area is 139 Å². The number of hydrogen-bond donors (Lipinski definition) is 2. The summed E-state index contributed by atoms with van der Waals surface area (Å²) in [6.45, 7) is 3.05. The Bertz CT molecular complexity index is 569. The van der Waals surface area contributed by atoms with E-state index in [0.29, 0.717) is 0 Å². The first kappa shape index (κ1) is 17.2. The van der Waals surface area contributed by atoms with Crippen molar-refractivity contribution in [2.24, 2.45) is 0 Å². The van der Waals surface area contributed by atoms with Crippen LogP contribution in [0.25, 0.3) is 0 Å². The molecule has 2 rings (SSSR count). The number of hydrogen-bond acceptors (Lipinski definition) is 2. The van der Waals surface area contributed by atoms with E-state index in [0.717, 1.165) is 24.2 Å². The van der Waals surface area contributed by atoms with Gasteiger partial charge >= 0.3 is 0 Å². The van der Waals surface area contributed by atoms with Crippen LogP contribution in [0.4, 0.5) is 5.69 Å². The molecule has 122 valence electrons. The average Bonchev–Trinajstić information content (AvgIpc) is 2.59. The lowest BCUT2D eigenvalue weighted by atomic mass is 10.1. The number of carbonyl (C=O) groups is 1. The van der Waals surface area contributed by atoms with E-state index in [2.05, 4.69) is 17.6 Å². The molecular weight excluding hydrogens is 284 g/mol. The van der Waals surface area contributed by atoms with Crippen molar-refractivity contribution in [3.05, 3.63) is 66.2 Å². The fourth-order valence-corrected chi connectivity index (χ4v) is 2.54. The third-order valence-electron chi connectivity index (χ3n) is 3.82. The van der Waals surface area contributed by atoms with Crippen LogP contribution in [0, 0.1) is 0 Å². The van der Waals surface area contributed by atoms with E-state index in [-0.39, 0.29) is 11.9 Å². The average molecular weight is 310 g/mol. The van der Waals surface area contributed by atoms with E-state index in [9.17, 15) is 4.79 Å². The highest BCUT2D eigenvalue weighted by molar-refractivity contribution is 5.95. The van der Waals surface area contributed by atoms with E-state index in [1.807, 2.05) is 60.7 Å². The molecule has 0 saturated carbocycles. The van der Waals surface area contributed by atoms with Crippen molar-refractivity contribution < 1.29 is 4.79 Å². The van der Waals surface area contributed by atoms with Gasteiger partial charge in [0.05, 0.1) is 0 Å². The Morgan fingerprint density at radius 1 is 0.913 bits per heavy atom. The van der Waals surface area contributed by atoms with Gasteiger partial charge in [-0.05, 0) is 30.7 Å². The van der Waals surface area contributed by atoms with Crippen LogP contribution >= 0.6 is 0 Å². The van der Waals surface area contributed by atoms with Crippen LogP contribution in [-0.2, 0) is 4.79 Å². The SMILES string of the molecule is CCCCCCNC(C(=O)Nc1ccccc1)c1ccccc1. The largest absolute Gasteiger partial charge is 0.324 e. The third-order valence-corrected chi connectivity index (χ3v) is 3.82. The fourth-order valence-electron chi connectivity index (χ4n) is 2.54. The van der Waals surface area contributed by atoms with Gasteiger partial charge in [-0.2, -0.15) is 0 Å². The molecule has 1 atom stereocenters. The lowest BCUT2D eigenvalue weighted by Gasteiger charge is -2.19. The van der Waals surface area contributed by atoms with Gasteiger partial charge in [-0.25, -0.2) is 0 Å². The number of para-hydroxylation sites is 1. The second-order valence-corrected chi connectivity index (χ2v) is 5.71. The fraction of sp³-hybridized carbons (Fsp3) is 0.350. The van der Waals surface area contributed by atoms with Crippen molar-refractivity contribution in [2.75, 3.05) is 11.9 Å². The van der Waals surface area contributed by atoms with E-state index < -0.39 is 0 Å². The third kappa shape index (κ3) is 5.87. The quantitative estimate of drug-likeness (QED) is 0.668. The van der Waals surface area contributed by atoms with Gasteiger partial charge in [-0.15, -0.1) is 0 Å². The van der Waals surface area contributed by atoms with E-state index in [4.69, 9.17) is 0 Å². The highest BCUT2D eigenvalue weighted by atomic mass is 16.2. The predicted octanol–water partition coefficient (Wildman–Crippen LogP) is 4.54. The summed E-state index contributed by atoms with van der Waals surface area (Å²) < 4.78 is 0. The maximum atomic E-state index is 12.7. The van der Waals surface area contributed by atoms with Crippen LogP contribution in [0.2, 0.25) is 0 Å². The molecule has 0 aliphatic rings. The Balaban J connectivity index is 1.99. The molecule has 1 amide bonds. The Morgan fingerprint density at radius 3 is 2.22 bits per heavy atom. The molecule has 0 aliphatic carbocycles. The molecular formula is C20H26N2O. The molecule has 0 heterocycles. The summed E-state index contributed by atoms with van der Waals surface area (Å²) in [6, 6.07) is 19.2. The monoisotopic (exact) mass is 310 g/mol. The second-order valence-electron chi connectivity index (χ2n) is 5.71. The van der Waals surface area contributed by atoms with Crippen LogP contribution in [0.1, 0.15) is 44.2 Å². The minimum Gasteiger partial charge on any atom is -0.324 e. The molecule has 3 heteroatoms. The number of anilines is 1. The minimum absolute atomic E-state index is 0.0158. The number of benzene rings is 2. The molecule has 3 nitrogen and oxygen atoms in total. The first-order valence-electron chi connectivity index (χ1n) is 8.45. The molecule has 0 spiro atoms. The lowest BCUT2D eigenvalue weighted by molar-refractivity contribution is -0.118. The lowest BCUT2D eigenvalue weighted by Crippen LogP contribution is -2.33. The van der Waals surface area contributed by atoms with Crippen LogP contribution in [0.5, 0.6) is 0 Å². The molecule has 0 radical (unpaired) electrons. The minimum atomic E-state index is -0.321. The van der Waals surface area contributed by atoms with Crippen molar-refractivity contribution in [3.63, 3.8) is 0 Å². The van der Waals surface area contributed by atoms with Crippen molar-refractivity contribution in [2.45, 2.75) is 38.6 Å². The predicted molar refractivity (Wildman–Crippen MR) is 96.4 cm³/mol. The standard InChI is InChI=1S/C20H26N2O/c1-2-3-4-11-16-21-19(17-12-7-5-8-13-17)20(23)22-18-14-9-6-10-15-18/h5-10,12-15,19,21H,2-4,11,16H2,1H3,(H,22,23). The molecule has 2 aromatic carbocycles. The summed E-state index contributed by atoms with van der Waals surface area (Å²) >= 11 is 0. The Morgan fingerprint density at radius 2 is 1.57 bits per heavy atom. The molecule has 23 heavy (non-hydrogen) atoms. The smallest absolute Gasteiger partial charge is 0.246 e. The molecule has 0 saturated heterocycles. The van der Waals surface area contributed by atoms with Gasteiger partial charge in [0, 0.05) is 5.69 Å². The number of carbonyl (C=O) groups excluding carboxylic acids is 1. The molecule has 2 aromatic rings. The van der Waals surface area contributed by atoms with Crippen LogP contribution in [0.3, 0.4) is 0 Å². The van der Waals surface area contributed by atoms with Gasteiger partial charge in [0.15, 0.2) is 0 Å². The molecule has 2 N–H and O–H groups in total. The van der Waals surface area contributed by atoms with Crippen molar-refractivity contribution in [3.8, 4) is 0 Å².